The highest BCUT2D eigenvalue weighted by atomic mass is 32.2. The van der Waals surface area contributed by atoms with Gasteiger partial charge in [0, 0.05) is 30.0 Å². The van der Waals surface area contributed by atoms with E-state index in [0.717, 1.165) is 16.8 Å². The lowest BCUT2D eigenvalue weighted by Gasteiger charge is -2.19. The van der Waals surface area contributed by atoms with Crippen molar-refractivity contribution in [1.29, 1.82) is 0 Å². The van der Waals surface area contributed by atoms with Crippen LogP contribution in [-0.2, 0) is 20.2 Å². The van der Waals surface area contributed by atoms with E-state index < -0.39 is 10.0 Å². The Hall–Kier alpha value is -3.47. The van der Waals surface area contributed by atoms with Gasteiger partial charge in [-0.3, -0.25) is 9.36 Å². The molecule has 0 saturated carbocycles. The third-order valence-corrected chi connectivity index (χ3v) is 9.70. The van der Waals surface area contributed by atoms with E-state index in [2.05, 4.69) is 60.6 Å². The third-order valence-electron chi connectivity index (χ3n) is 6.73. The fourth-order valence-corrected chi connectivity index (χ4v) is 6.63. The van der Waals surface area contributed by atoms with Gasteiger partial charge in [0.2, 0.25) is 15.9 Å². The first-order valence-electron chi connectivity index (χ1n) is 13.6. The van der Waals surface area contributed by atoms with Crippen molar-refractivity contribution in [2.45, 2.75) is 57.0 Å². The minimum Gasteiger partial charge on any atom is -0.325 e. The molecule has 0 bridgehead atoms. The standard InChI is InChI=1S/C31H37N5O3S2/c1-7-35(8-2)41(38,39)27-11-9-10-25(20-27)32-28(37)21-40-30-34-33-29(36(30)26-18-12-22(3)13-19-26)23-14-16-24(17-15-23)31(4,5)6/h9-20H,7-8,21H2,1-6H3,(H,32,37). The number of hydrogen-bond donors (Lipinski definition) is 1. The average molecular weight is 592 g/mol. The number of aryl methyl sites for hydroxylation is 1. The van der Waals surface area contributed by atoms with Gasteiger partial charge in [-0.05, 0) is 48.2 Å². The van der Waals surface area contributed by atoms with Crippen LogP contribution in [0.3, 0.4) is 0 Å². The molecule has 0 saturated heterocycles. The Balaban J connectivity index is 1.56. The fourth-order valence-electron chi connectivity index (χ4n) is 4.37. The lowest BCUT2D eigenvalue weighted by Crippen LogP contribution is -2.30. The molecule has 3 aromatic carbocycles. The summed E-state index contributed by atoms with van der Waals surface area (Å²) in [4.78, 5) is 13.1. The largest absolute Gasteiger partial charge is 0.325 e. The summed E-state index contributed by atoms with van der Waals surface area (Å²) >= 11 is 1.27. The second-order valence-electron chi connectivity index (χ2n) is 10.8. The number of aromatic nitrogens is 3. The Morgan fingerprint density at radius 1 is 0.951 bits per heavy atom. The molecule has 1 heterocycles. The molecule has 0 spiro atoms. The monoisotopic (exact) mass is 591 g/mol. The Bertz CT molecular complexity index is 1600. The van der Waals surface area contributed by atoms with Crippen molar-refractivity contribution in [1.82, 2.24) is 19.1 Å². The molecule has 0 aliphatic carbocycles. The second-order valence-corrected chi connectivity index (χ2v) is 13.6. The molecule has 0 atom stereocenters. The molecular formula is C31H37N5O3S2. The maximum atomic E-state index is 12.9. The zero-order chi connectivity index (χ0) is 29.8. The van der Waals surface area contributed by atoms with Crippen LogP contribution in [0.1, 0.15) is 45.7 Å². The Morgan fingerprint density at radius 2 is 1.61 bits per heavy atom. The topological polar surface area (TPSA) is 97.2 Å². The SMILES string of the molecule is CCN(CC)S(=O)(=O)c1cccc(NC(=O)CSc2nnc(-c3ccc(C(C)(C)C)cc3)n2-c2ccc(C)cc2)c1. The maximum absolute atomic E-state index is 12.9. The van der Waals surface area contributed by atoms with Crippen LogP contribution in [0.25, 0.3) is 17.1 Å². The number of thioether (sulfide) groups is 1. The van der Waals surface area contributed by atoms with Gasteiger partial charge in [0.1, 0.15) is 0 Å². The van der Waals surface area contributed by atoms with Crippen LogP contribution in [0, 0.1) is 6.92 Å². The van der Waals surface area contributed by atoms with Gasteiger partial charge in [-0.25, -0.2) is 8.42 Å². The smallest absolute Gasteiger partial charge is 0.243 e. The summed E-state index contributed by atoms with van der Waals surface area (Å²) in [5.74, 6) is 0.480. The van der Waals surface area contributed by atoms with Gasteiger partial charge in [0.05, 0.1) is 10.6 Å². The van der Waals surface area contributed by atoms with Gasteiger partial charge >= 0.3 is 0 Å². The van der Waals surface area contributed by atoms with Crippen LogP contribution in [0.4, 0.5) is 5.69 Å². The number of nitrogens with zero attached hydrogens (tertiary/aromatic N) is 4. The molecule has 0 unspecified atom stereocenters. The summed E-state index contributed by atoms with van der Waals surface area (Å²) in [6.07, 6.45) is 0. The van der Waals surface area contributed by atoms with E-state index in [0.29, 0.717) is 29.8 Å². The molecule has 8 nitrogen and oxygen atoms in total. The zero-order valence-electron chi connectivity index (χ0n) is 24.4. The highest BCUT2D eigenvalue weighted by Crippen LogP contribution is 2.30. The van der Waals surface area contributed by atoms with Crippen LogP contribution in [0.15, 0.2) is 82.8 Å². The van der Waals surface area contributed by atoms with Crippen LogP contribution < -0.4 is 5.32 Å². The molecule has 0 aliphatic heterocycles. The van der Waals surface area contributed by atoms with E-state index >= 15 is 0 Å². The van der Waals surface area contributed by atoms with Crippen LogP contribution in [-0.4, -0.2) is 52.2 Å². The van der Waals surface area contributed by atoms with Crippen molar-refractivity contribution in [3.05, 3.63) is 83.9 Å². The summed E-state index contributed by atoms with van der Waals surface area (Å²) in [6.45, 7) is 12.9. The third kappa shape index (κ3) is 7.06. The summed E-state index contributed by atoms with van der Waals surface area (Å²) in [5.41, 5.74) is 4.64. The summed E-state index contributed by atoms with van der Waals surface area (Å²) in [6, 6.07) is 22.7. The number of carbonyl (C=O) groups excluding carboxylic acids is 1. The van der Waals surface area contributed by atoms with Gasteiger partial charge in [-0.15, -0.1) is 10.2 Å². The minimum absolute atomic E-state index is 0.0343. The number of carbonyl (C=O) groups is 1. The molecule has 41 heavy (non-hydrogen) atoms. The first kappa shape index (κ1) is 30.5. The Kier molecular flexibility index (Phi) is 9.36. The summed E-state index contributed by atoms with van der Waals surface area (Å²) in [7, 11) is -3.63. The summed E-state index contributed by atoms with van der Waals surface area (Å²) < 4.78 is 29.2. The number of hydrogen-bond acceptors (Lipinski definition) is 6. The molecule has 1 N–H and O–H groups in total. The Labute approximate surface area is 247 Å². The molecule has 4 aromatic rings. The van der Waals surface area contributed by atoms with Crippen molar-refractivity contribution in [2.24, 2.45) is 0 Å². The number of benzene rings is 3. The van der Waals surface area contributed by atoms with E-state index in [9.17, 15) is 13.2 Å². The van der Waals surface area contributed by atoms with E-state index in [-0.39, 0.29) is 22.0 Å². The molecule has 216 valence electrons. The molecule has 0 fully saturated rings. The summed E-state index contributed by atoms with van der Waals surface area (Å²) in [5, 5.41) is 12.3. The van der Waals surface area contributed by atoms with Crippen molar-refractivity contribution in [2.75, 3.05) is 24.2 Å². The van der Waals surface area contributed by atoms with Crippen molar-refractivity contribution >= 4 is 33.4 Å². The van der Waals surface area contributed by atoms with E-state index in [1.807, 2.05) is 35.8 Å². The molecule has 0 radical (unpaired) electrons. The predicted octanol–water partition coefficient (Wildman–Crippen LogP) is 6.30. The quantitative estimate of drug-likeness (QED) is 0.217. The molecule has 1 aromatic heterocycles. The number of sulfonamides is 1. The number of amides is 1. The lowest BCUT2D eigenvalue weighted by molar-refractivity contribution is -0.113. The van der Waals surface area contributed by atoms with Gasteiger partial charge in [-0.2, -0.15) is 4.31 Å². The van der Waals surface area contributed by atoms with Crippen molar-refractivity contribution in [3.63, 3.8) is 0 Å². The van der Waals surface area contributed by atoms with Crippen LogP contribution >= 0.6 is 11.8 Å². The molecular weight excluding hydrogens is 555 g/mol. The zero-order valence-corrected chi connectivity index (χ0v) is 26.0. The maximum Gasteiger partial charge on any atom is 0.243 e. The molecule has 10 heteroatoms. The van der Waals surface area contributed by atoms with Gasteiger partial charge in [0.25, 0.3) is 0 Å². The van der Waals surface area contributed by atoms with Gasteiger partial charge in [0.15, 0.2) is 11.0 Å². The van der Waals surface area contributed by atoms with E-state index in [4.69, 9.17) is 0 Å². The van der Waals surface area contributed by atoms with Gasteiger partial charge < -0.3 is 5.32 Å². The molecule has 0 aliphatic rings. The number of anilines is 1. The highest BCUT2D eigenvalue weighted by molar-refractivity contribution is 7.99. The van der Waals surface area contributed by atoms with Gasteiger partial charge in [-0.1, -0.05) is 94.4 Å². The van der Waals surface area contributed by atoms with Crippen LogP contribution in [0.2, 0.25) is 0 Å². The molecule has 1 amide bonds. The minimum atomic E-state index is -3.63. The first-order valence-corrected chi connectivity index (χ1v) is 16.0. The second kappa shape index (κ2) is 12.6. The molecule has 4 rings (SSSR count). The van der Waals surface area contributed by atoms with Crippen molar-refractivity contribution in [3.8, 4) is 17.1 Å². The van der Waals surface area contributed by atoms with Crippen LogP contribution in [0.5, 0.6) is 0 Å². The number of rotatable bonds is 10. The fraction of sp³-hybridized carbons (Fsp3) is 0.323. The van der Waals surface area contributed by atoms with Crippen molar-refractivity contribution < 1.29 is 13.2 Å². The highest BCUT2D eigenvalue weighted by Gasteiger charge is 2.22. The first-order chi connectivity index (χ1) is 19.4. The predicted molar refractivity (Wildman–Crippen MR) is 166 cm³/mol. The number of nitrogens with one attached hydrogen (secondary N) is 1. The normalized spacial score (nSPS) is 12.1. The average Bonchev–Trinajstić information content (AvgIpc) is 3.36. The van der Waals surface area contributed by atoms with E-state index in [1.165, 1.54) is 33.8 Å². The lowest BCUT2D eigenvalue weighted by atomic mass is 9.87. The van der Waals surface area contributed by atoms with E-state index in [1.54, 1.807) is 26.0 Å². The Morgan fingerprint density at radius 3 is 2.22 bits per heavy atom.